The number of nitrogens with zero attached hydrogens (tertiary/aromatic N) is 1. The van der Waals surface area contributed by atoms with Crippen molar-refractivity contribution < 1.29 is 19.4 Å². The van der Waals surface area contributed by atoms with Crippen LogP contribution in [0.5, 0.6) is 0 Å². The first kappa shape index (κ1) is 26.6. The molecule has 2 aromatic carbocycles. The number of urea groups is 1. The van der Waals surface area contributed by atoms with Gasteiger partial charge in [0.1, 0.15) is 0 Å². The number of aliphatic hydroxyl groups excluding tert-OH is 1. The van der Waals surface area contributed by atoms with Crippen LogP contribution in [-0.2, 0) is 16.1 Å². The van der Waals surface area contributed by atoms with Gasteiger partial charge in [-0.25, -0.2) is 4.79 Å². The molecule has 2 heterocycles. The van der Waals surface area contributed by atoms with Crippen molar-refractivity contribution in [3.63, 3.8) is 0 Å². The first-order valence-corrected chi connectivity index (χ1v) is 13.4. The van der Waals surface area contributed by atoms with E-state index < -0.39 is 6.29 Å². The van der Waals surface area contributed by atoms with E-state index in [0.717, 1.165) is 42.0 Å². The van der Waals surface area contributed by atoms with E-state index in [1.807, 2.05) is 43.3 Å². The van der Waals surface area contributed by atoms with Gasteiger partial charge in [0.25, 0.3) is 0 Å². The first-order chi connectivity index (χ1) is 17.6. The lowest BCUT2D eigenvalue weighted by atomic mass is 9.89. The topological polar surface area (TPSA) is 83.1 Å². The Morgan fingerprint density at radius 3 is 2.22 bits per heavy atom. The quantitative estimate of drug-likeness (QED) is 0.481. The molecule has 0 aromatic heterocycles. The normalized spacial score (nSPS) is 25.5. The Kier molecular flexibility index (Phi) is 9.75. The minimum atomic E-state index is -0.498. The van der Waals surface area contributed by atoms with Crippen LogP contribution in [0.15, 0.2) is 48.5 Å². The van der Waals surface area contributed by atoms with Crippen molar-refractivity contribution in [2.75, 3.05) is 31.5 Å². The summed E-state index contributed by atoms with van der Waals surface area (Å²) in [5.41, 5.74) is 3.64. The molecule has 2 saturated heterocycles. The second-order valence-corrected chi connectivity index (χ2v) is 10.00. The summed E-state index contributed by atoms with van der Waals surface area (Å²) in [5, 5.41) is 15.1. The van der Waals surface area contributed by atoms with E-state index in [1.54, 1.807) is 0 Å². The minimum absolute atomic E-state index is 0.0267. The van der Waals surface area contributed by atoms with E-state index in [0.29, 0.717) is 6.54 Å². The molecular weight excluding hydrogens is 454 g/mol. The predicted molar refractivity (Wildman–Crippen MR) is 142 cm³/mol. The summed E-state index contributed by atoms with van der Waals surface area (Å²) in [7, 11) is 0. The van der Waals surface area contributed by atoms with Crippen molar-refractivity contribution in [3.05, 3.63) is 65.2 Å². The molecule has 0 spiro atoms. The maximum absolute atomic E-state index is 11.9. The standard InChI is InChI=1S/C29H41N3O4/c1-3-30-29(34)31-25-15-13-24(14-16-25)28-35-26(19-32-17-7-5-4-6-8-18-32)21(2)27(36-28)23-11-9-22(20-33)10-12-23/h9-16,21,26-28,33H,3-8,17-20H2,1-2H3,(H2,30,31,34). The van der Waals surface area contributed by atoms with Crippen LogP contribution in [0.3, 0.4) is 0 Å². The van der Waals surface area contributed by atoms with Crippen molar-refractivity contribution in [2.24, 2.45) is 5.92 Å². The molecule has 4 rings (SSSR count). The van der Waals surface area contributed by atoms with Gasteiger partial charge in [-0.3, -0.25) is 0 Å². The molecule has 36 heavy (non-hydrogen) atoms. The van der Waals surface area contributed by atoms with Gasteiger partial charge in [-0.2, -0.15) is 0 Å². The second-order valence-electron chi connectivity index (χ2n) is 10.00. The Bertz CT molecular complexity index is 942. The molecule has 0 saturated carbocycles. The van der Waals surface area contributed by atoms with Crippen molar-refractivity contribution in [1.29, 1.82) is 0 Å². The van der Waals surface area contributed by atoms with Gasteiger partial charge in [0.15, 0.2) is 6.29 Å². The van der Waals surface area contributed by atoms with E-state index in [1.165, 1.54) is 32.1 Å². The second kappa shape index (κ2) is 13.2. The number of amides is 2. The number of carbonyl (C=O) groups excluding carboxylic acids is 1. The molecule has 2 fully saturated rings. The number of anilines is 1. The highest BCUT2D eigenvalue weighted by molar-refractivity contribution is 5.89. The van der Waals surface area contributed by atoms with E-state index in [-0.39, 0.29) is 30.8 Å². The lowest BCUT2D eigenvalue weighted by Gasteiger charge is -2.43. The van der Waals surface area contributed by atoms with Gasteiger partial charge in [0, 0.05) is 30.3 Å². The number of rotatable bonds is 7. The van der Waals surface area contributed by atoms with Crippen molar-refractivity contribution in [3.8, 4) is 0 Å². The fraction of sp³-hybridized carbons (Fsp3) is 0.552. The van der Waals surface area contributed by atoms with Crippen LogP contribution in [0.2, 0.25) is 0 Å². The highest BCUT2D eigenvalue weighted by Gasteiger charge is 2.39. The summed E-state index contributed by atoms with van der Waals surface area (Å²) in [6.07, 6.45) is 5.85. The van der Waals surface area contributed by atoms with Crippen molar-refractivity contribution >= 4 is 11.7 Å². The molecule has 7 heteroatoms. The Labute approximate surface area is 215 Å². The fourth-order valence-corrected chi connectivity index (χ4v) is 5.14. The lowest BCUT2D eigenvalue weighted by Crippen LogP contribution is -2.45. The third-order valence-corrected chi connectivity index (χ3v) is 7.29. The van der Waals surface area contributed by atoms with E-state index in [9.17, 15) is 9.90 Å². The van der Waals surface area contributed by atoms with Crippen LogP contribution in [0.25, 0.3) is 0 Å². The molecule has 4 unspecified atom stereocenters. The summed E-state index contributed by atoms with van der Waals surface area (Å²) in [5.74, 6) is 0.172. The number of ether oxygens (including phenoxy) is 2. The number of hydrogen-bond acceptors (Lipinski definition) is 5. The van der Waals surface area contributed by atoms with Crippen LogP contribution in [0, 0.1) is 5.92 Å². The molecule has 2 aromatic rings. The molecule has 4 atom stereocenters. The molecule has 196 valence electrons. The number of benzene rings is 2. The van der Waals surface area contributed by atoms with Gasteiger partial charge >= 0.3 is 6.03 Å². The van der Waals surface area contributed by atoms with Crippen molar-refractivity contribution in [1.82, 2.24) is 10.2 Å². The third-order valence-electron chi connectivity index (χ3n) is 7.29. The van der Waals surface area contributed by atoms with Gasteiger partial charge in [-0.1, -0.05) is 62.6 Å². The summed E-state index contributed by atoms with van der Waals surface area (Å²) >= 11 is 0. The van der Waals surface area contributed by atoms with Gasteiger partial charge in [-0.15, -0.1) is 0 Å². The molecule has 2 aliphatic heterocycles. The smallest absolute Gasteiger partial charge is 0.319 e. The largest absolute Gasteiger partial charge is 0.392 e. The highest BCUT2D eigenvalue weighted by Crippen LogP contribution is 2.42. The monoisotopic (exact) mass is 495 g/mol. The molecule has 0 radical (unpaired) electrons. The van der Waals surface area contributed by atoms with E-state index in [2.05, 4.69) is 34.6 Å². The number of aliphatic hydroxyl groups is 1. The van der Waals surface area contributed by atoms with Crippen LogP contribution in [0.1, 0.15) is 75.0 Å². The van der Waals surface area contributed by atoms with Gasteiger partial charge in [-0.05, 0) is 56.1 Å². The lowest BCUT2D eigenvalue weighted by molar-refractivity contribution is -0.276. The molecule has 3 N–H and O–H groups in total. The maximum atomic E-state index is 11.9. The molecule has 0 aliphatic carbocycles. The van der Waals surface area contributed by atoms with Crippen LogP contribution < -0.4 is 10.6 Å². The molecular formula is C29H41N3O4. The fourth-order valence-electron chi connectivity index (χ4n) is 5.14. The average molecular weight is 496 g/mol. The predicted octanol–water partition coefficient (Wildman–Crippen LogP) is 5.38. The summed E-state index contributed by atoms with van der Waals surface area (Å²) in [4.78, 5) is 14.4. The van der Waals surface area contributed by atoms with Gasteiger partial charge in [0.05, 0.1) is 18.8 Å². The minimum Gasteiger partial charge on any atom is -0.392 e. The third kappa shape index (κ3) is 7.07. The Morgan fingerprint density at radius 2 is 1.58 bits per heavy atom. The Morgan fingerprint density at radius 1 is 0.944 bits per heavy atom. The number of likely N-dealkylation sites (tertiary alicyclic amines) is 1. The van der Waals surface area contributed by atoms with E-state index >= 15 is 0 Å². The first-order valence-electron chi connectivity index (χ1n) is 13.4. The zero-order chi connectivity index (χ0) is 25.3. The van der Waals surface area contributed by atoms with Crippen LogP contribution >= 0.6 is 0 Å². The Balaban J connectivity index is 1.53. The summed E-state index contributed by atoms with van der Waals surface area (Å²) in [6, 6.07) is 15.5. The maximum Gasteiger partial charge on any atom is 0.319 e. The SMILES string of the molecule is CCNC(=O)Nc1ccc(C2OC(CN3CCCCCCC3)C(C)C(c3ccc(CO)cc3)O2)cc1. The average Bonchev–Trinajstić information content (AvgIpc) is 2.87. The number of hydrogen-bond donors (Lipinski definition) is 3. The highest BCUT2D eigenvalue weighted by atomic mass is 16.7. The number of carbonyl (C=O) groups is 1. The number of nitrogens with one attached hydrogen (secondary N) is 2. The zero-order valence-corrected chi connectivity index (χ0v) is 21.6. The molecule has 7 nitrogen and oxygen atoms in total. The van der Waals surface area contributed by atoms with Crippen molar-refractivity contribution in [2.45, 2.75) is 71.1 Å². The molecule has 2 amide bonds. The van der Waals surface area contributed by atoms with Crippen LogP contribution in [-0.4, -0.2) is 48.3 Å². The Hall–Kier alpha value is -2.45. The summed E-state index contributed by atoms with van der Waals surface area (Å²) < 4.78 is 13.2. The summed E-state index contributed by atoms with van der Waals surface area (Å²) in [6.45, 7) is 7.84. The van der Waals surface area contributed by atoms with Gasteiger partial charge < -0.3 is 30.1 Å². The van der Waals surface area contributed by atoms with Gasteiger partial charge in [0.2, 0.25) is 0 Å². The molecule has 0 bridgehead atoms. The molecule has 2 aliphatic rings. The van der Waals surface area contributed by atoms with E-state index in [4.69, 9.17) is 9.47 Å². The van der Waals surface area contributed by atoms with Crippen LogP contribution in [0.4, 0.5) is 10.5 Å². The zero-order valence-electron chi connectivity index (χ0n) is 21.6.